The highest BCUT2D eigenvalue weighted by atomic mass is 19.4. The van der Waals surface area contributed by atoms with Crippen molar-refractivity contribution in [2.45, 2.75) is 12.7 Å². The van der Waals surface area contributed by atoms with Gasteiger partial charge in [-0.25, -0.2) is 87.8 Å². The first kappa shape index (κ1) is 50.3. The molecule has 26 heteroatoms. The van der Waals surface area contributed by atoms with E-state index in [1.807, 2.05) is 36.4 Å². The van der Waals surface area contributed by atoms with E-state index in [9.17, 15) is 70.7 Å². The van der Waals surface area contributed by atoms with Gasteiger partial charge < -0.3 is 0 Å². The number of carbonyl (C=O) groups is 1. The van der Waals surface area contributed by atoms with Crippen LogP contribution in [0.4, 0.5) is 101 Å². The summed E-state index contributed by atoms with van der Waals surface area (Å²) in [7, 11) is 0. The Hall–Kier alpha value is -7.15. The zero-order valence-corrected chi connectivity index (χ0v) is 32.2. The summed E-state index contributed by atoms with van der Waals surface area (Å²) in [6.07, 6.45) is -9.83. The number of hydrogen-bond acceptors (Lipinski definition) is 1. The first-order valence-electron chi connectivity index (χ1n) is 18.0. The van der Waals surface area contributed by atoms with Gasteiger partial charge in [0, 0.05) is 23.1 Å². The van der Waals surface area contributed by atoms with Crippen LogP contribution < -0.4 is 26.4 Å². The van der Waals surface area contributed by atoms with Gasteiger partial charge in [-0.15, -0.1) is 21.9 Å². The van der Waals surface area contributed by atoms with Crippen molar-refractivity contribution < 1.29 is 110 Å². The molecule has 68 heavy (non-hydrogen) atoms. The maximum absolute atomic E-state index is 15.4. The quantitative estimate of drug-likeness (QED) is 0.0390. The fourth-order valence-corrected chi connectivity index (χ4v) is 7.32. The lowest BCUT2D eigenvalue weighted by Gasteiger charge is -2.44. The second kappa shape index (κ2) is 18.2. The topological polar surface area (TPSA) is 20.9 Å². The van der Waals surface area contributed by atoms with E-state index in [-0.39, 0.29) is 17.9 Å². The SMILES string of the molecule is Fc1c(F)c(F)c([B-](c2c(F)c(F)c(F)c(F)c2F)(c2c(F)c(F)c(F)c(F)c2F)c2c(F)c(F)c(F)c(F)c2F)c(F)c1F.O=C(C[n+]1cccc2ccccc21)c1ccc(C(F)(F)F)cc1. The first-order chi connectivity index (χ1) is 31.7. The maximum atomic E-state index is 15.4. The van der Waals surface area contributed by atoms with E-state index in [4.69, 9.17) is 0 Å². The van der Waals surface area contributed by atoms with E-state index in [0.717, 1.165) is 23.0 Å². The van der Waals surface area contributed by atoms with Gasteiger partial charge in [-0.2, -0.15) is 17.7 Å². The first-order valence-corrected chi connectivity index (χ1v) is 18.0. The number of ketones is 1. The highest BCUT2D eigenvalue weighted by Gasteiger charge is 2.52. The number of benzene rings is 6. The summed E-state index contributed by atoms with van der Waals surface area (Å²) in [6.45, 7) is 0.0761. The van der Waals surface area contributed by atoms with E-state index in [1.165, 1.54) is 12.1 Å². The van der Waals surface area contributed by atoms with Crippen LogP contribution in [-0.2, 0) is 12.7 Å². The van der Waals surface area contributed by atoms with Crippen molar-refractivity contribution in [3.63, 3.8) is 0 Å². The van der Waals surface area contributed by atoms with Gasteiger partial charge in [-0.1, -0.05) is 24.3 Å². The van der Waals surface area contributed by atoms with Crippen LogP contribution in [0.3, 0.4) is 0 Å². The van der Waals surface area contributed by atoms with E-state index >= 15 is 35.1 Å². The highest BCUT2D eigenvalue weighted by molar-refractivity contribution is 7.20. The van der Waals surface area contributed by atoms with E-state index in [2.05, 4.69) is 0 Å². The number of para-hydroxylation sites is 1. The molecule has 7 aromatic rings. The Morgan fingerprint density at radius 2 is 0.662 bits per heavy atom. The number of rotatable bonds is 7. The lowest BCUT2D eigenvalue weighted by atomic mass is 9.12. The number of pyridine rings is 1. The van der Waals surface area contributed by atoms with Gasteiger partial charge in [0.2, 0.25) is 17.8 Å². The second-order valence-electron chi connectivity index (χ2n) is 14.0. The number of alkyl halides is 3. The Balaban J connectivity index is 0.000000276. The number of carbonyl (C=O) groups excluding carboxylic acids is 1. The van der Waals surface area contributed by atoms with Crippen molar-refractivity contribution in [2.24, 2.45) is 0 Å². The number of nitrogens with zero attached hydrogens (tertiary/aromatic N) is 1. The Labute approximate surface area is 362 Å². The summed E-state index contributed by atoms with van der Waals surface area (Å²) in [5.41, 5.74) is -13.9. The molecule has 0 amide bonds. The largest absolute Gasteiger partial charge is 0.416 e. The molecule has 7 rings (SSSR count). The molecule has 6 aromatic carbocycles. The maximum Gasteiger partial charge on any atom is 0.416 e. The van der Waals surface area contributed by atoms with Crippen LogP contribution in [0.25, 0.3) is 10.9 Å². The third kappa shape index (κ3) is 7.91. The summed E-state index contributed by atoms with van der Waals surface area (Å²) in [5.74, 6) is -71.6. The smallest absolute Gasteiger partial charge is 0.287 e. The number of Topliss-reactive ketones (excluding diaryl/α,β-unsaturated/α-hetero) is 1. The lowest BCUT2D eigenvalue weighted by Crippen LogP contribution is -2.81. The molecule has 1 aromatic heterocycles. The molecule has 0 saturated carbocycles. The molecule has 0 aliphatic rings. The summed E-state index contributed by atoms with van der Waals surface area (Å²) in [5, 5.41) is 0.996. The van der Waals surface area contributed by atoms with Crippen LogP contribution in [0.5, 0.6) is 0 Å². The van der Waals surface area contributed by atoms with Crippen molar-refractivity contribution in [2.75, 3.05) is 0 Å². The minimum atomic E-state index is -7.22. The van der Waals surface area contributed by atoms with Gasteiger partial charge in [0.15, 0.2) is 76.0 Å². The number of fused-ring (bicyclic) bond motifs is 1. The molecule has 0 unspecified atom stereocenters. The normalized spacial score (nSPS) is 11.9. The molecule has 1 heterocycles. The highest BCUT2D eigenvalue weighted by Crippen LogP contribution is 2.32. The standard InChI is InChI=1S/C24BF20.C18H13F3NO/c26-5-1(6(27)14(35)21(42)13(5)34)25(2-7(28)15(36)22(43)16(37)8(2)29,3-9(30)17(38)23(44)18(39)10(3)31)4-11(32)19(40)24(45)20(41)12(4)33;19-18(20,21)15-9-7-14(8-10-15)17(23)12-22-11-3-5-13-4-1-2-6-16(13)22/h;1-11H,12H2/q-1;+1. The molecule has 0 fully saturated rings. The van der Waals surface area contributed by atoms with Gasteiger partial charge in [-0.05, 0) is 24.3 Å². The van der Waals surface area contributed by atoms with Crippen LogP contribution in [0, 0.1) is 116 Å². The van der Waals surface area contributed by atoms with Crippen LogP contribution in [0.2, 0.25) is 0 Å². The van der Waals surface area contributed by atoms with Crippen molar-refractivity contribution in [3.05, 3.63) is 194 Å². The van der Waals surface area contributed by atoms with Gasteiger partial charge in [-0.3, -0.25) is 4.79 Å². The lowest BCUT2D eigenvalue weighted by molar-refractivity contribution is -0.657. The fraction of sp³-hybridized carbons (Fsp3) is 0.0476. The number of halogens is 23. The molecule has 0 aliphatic heterocycles. The van der Waals surface area contributed by atoms with Gasteiger partial charge in [0.05, 0.1) is 5.56 Å². The molecule has 0 aliphatic carbocycles. The average molecular weight is 995 g/mol. The van der Waals surface area contributed by atoms with Gasteiger partial charge in [0.1, 0.15) is 52.7 Å². The van der Waals surface area contributed by atoms with Crippen LogP contribution in [0.15, 0.2) is 66.9 Å². The predicted molar refractivity (Wildman–Crippen MR) is 189 cm³/mol. The zero-order chi connectivity index (χ0) is 50.8. The monoisotopic (exact) mass is 995 g/mol. The molecule has 0 bridgehead atoms. The Morgan fingerprint density at radius 1 is 0.382 bits per heavy atom. The minimum Gasteiger partial charge on any atom is -0.287 e. The Kier molecular flexibility index (Phi) is 13.4. The molecular formula is C42H13BF23NO. The van der Waals surface area contributed by atoms with E-state index in [0.29, 0.717) is 0 Å². The van der Waals surface area contributed by atoms with Gasteiger partial charge >= 0.3 is 6.18 Å². The average Bonchev–Trinajstić information content (AvgIpc) is 3.31. The van der Waals surface area contributed by atoms with Crippen molar-refractivity contribution >= 4 is 44.7 Å². The number of hydrogen-bond donors (Lipinski definition) is 0. The molecule has 0 atom stereocenters. The van der Waals surface area contributed by atoms with E-state index in [1.54, 1.807) is 10.8 Å². The molecule has 0 saturated heterocycles. The van der Waals surface area contributed by atoms with E-state index < -0.39 is 156 Å². The van der Waals surface area contributed by atoms with Crippen molar-refractivity contribution in [1.82, 2.24) is 0 Å². The minimum absolute atomic E-state index is 0.0761. The number of aromatic nitrogens is 1. The fourth-order valence-electron chi connectivity index (χ4n) is 7.32. The zero-order valence-electron chi connectivity index (χ0n) is 32.2. The molecule has 0 N–H and O–H groups in total. The van der Waals surface area contributed by atoms with Crippen LogP contribution in [0.1, 0.15) is 15.9 Å². The summed E-state index contributed by atoms with van der Waals surface area (Å²) in [6, 6.07) is 15.7. The molecule has 356 valence electrons. The van der Waals surface area contributed by atoms with Crippen molar-refractivity contribution in [3.8, 4) is 0 Å². The third-order valence-electron chi connectivity index (χ3n) is 10.3. The van der Waals surface area contributed by atoms with Crippen LogP contribution in [-0.4, -0.2) is 11.9 Å². The summed E-state index contributed by atoms with van der Waals surface area (Å²) in [4.78, 5) is 12.3. The third-order valence-corrected chi connectivity index (χ3v) is 10.3. The molecule has 2 nitrogen and oxygen atoms in total. The molecule has 0 spiro atoms. The molecular weight excluding hydrogens is 982 g/mol. The van der Waals surface area contributed by atoms with Crippen molar-refractivity contribution in [1.29, 1.82) is 0 Å². The molecule has 0 radical (unpaired) electrons. The van der Waals surface area contributed by atoms with Gasteiger partial charge in [0.25, 0.3) is 0 Å². The predicted octanol–water partition coefficient (Wildman–Crippen LogP) is 9.87. The summed E-state index contributed by atoms with van der Waals surface area (Å²) < 4.78 is 333. The van der Waals surface area contributed by atoms with Crippen LogP contribution >= 0.6 is 0 Å². The second-order valence-corrected chi connectivity index (χ2v) is 14.0. The Bertz CT molecular complexity index is 2820. The Morgan fingerprint density at radius 3 is 0.971 bits per heavy atom. The summed E-state index contributed by atoms with van der Waals surface area (Å²) >= 11 is 0.